The quantitative estimate of drug-likeness (QED) is 0.298. The number of piperidine rings is 1. The number of nitriles is 1. The fraction of sp³-hybridized carbons (Fsp3) is 0.379. The summed E-state index contributed by atoms with van der Waals surface area (Å²) in [6.07, 6.45) is 4.91. The van der Waals surface area contributed by atoms with Gasteiger partial charge in [-0.1, -0.05) is 23.7 Å². The standard InChI is InChI=1S/C29H28ClFN6O2/c30-21-5-4-20(24(31)12-21)18-39-29-3-1-2-25(35-29)19-6-9-36(10-7-19)17-28-34-26-13-22(14-32)33-15-27(26)37(28)16-23-8-11-38-23/h1-5,12-13,15,19,23H,6-11,16-18H2. The monoisotopic (exact) mass is 546 g/mol. The molecule has 2 aliphatic heterocycles. The number of likely N-dealkylation sites (tertiary alicyclic amines) is 1. The van der Waals surface area contributed by atoms with Crippen molar-refractivity contribution in [3.63, 3.8) is 0 Å². The molecule has 1 atom stereocenters. The molecule has 39 heavy (non-hydrogen) atoms. The van der Waals surface area contributed by atoms with Crippen LogP contribution >= 0.6 is 11.6 Å². The predicted octanol–water partition coefficient (Wildman–Crippen LogP) is 5.24. The van der Waals surface area contributed by atoms with E-state index in [1.54, 1.807) is 30.5 Å². The van der Waals surface area contributed by atoms with E-state index >= 15 is 0 Å². The van der Waals surface area contributed by atoms with Crippen LogP contribution in [0.2, 0.25) is 5.02 Å². The zero-order valence-corrected chi connectivity index (χ0v) is 22.1. The van der Waals surface area contributed by atoms with Gasteiger partial charge in [-0.05, 0) is 50.6 Å². The molecule has 0 bridgehead atoms. The van der Waals surface area contributed by atoms with Gasteiger partial charge in [0.05, 0.1) is 36.4 Å². The average Bonchev–Trinajstić information content (AvgIpc) is 3.26. The molecule has 0 saturated carbocycles. The lowest BCUT2D eigenvalue weighted by Crippen LogP contribution is -2.35. The lowest BCUT2D eigenvalue weighted by Gasteiger charge is -2.32. The van der Waals surface area contributed by atoms with Crippen LogP contribution in [0.4, 0.5) is 4.39 Å². The Bertz CT molecular complexity index is 1520. The molecule has 2 aliphatic rings. The van der Waals surface area contributed by atoms with E-state index in [0.717, 1.165) is 74.6 Å². The van der Waals surface area contributed by atoms with Crippen molar-refractivity contribution in [3.05, 3.63) is 82.3 Å². The second-order valence-electron chi connectivity index (χ2n) is 10.1. The van der Waals surface area contributed by atoms with Crippen molar-refractivity contribution in [2.24, 2.45) is 0 Å². The van der Waals surface area contributed by atoms with Gasteiger partial charge in [0.15, 0.2) is 0 Å². The molecule has 1 unspecified atom stereocenters. The van der Waals surface area contributed by atoms with Gasteiger partial charge in [0.1, 0.15) is 30.0 Å². The first-order chi connectivity index (χ1) is 19.1. The molecular weight excluding hydrogens is 519 g/mol. The summed E-state index contributed by atoms with van der Waals surface area (Å²) in [5, 5.41) is 9.62. The maximum atomic E-state index is 14.1. The minimum atomic E-state index is -0.387. The van der Waals surface area contributed by atoms with E-state index in [4.69, 9.17) is 31.0 Å². The molecule has 10 heteroatoms. The molecule has 5 heterocycles. The SMILES string of the molecule is N#Cc1cc2nc(CN3CCC(c4cccc(OCc5ccc(Cl)cc5F)n4)CC3)n(CC3CCO3)c2cn1. The van der Waals surface area contributed by atoms with Gasteiger partial charge in [0, 0.05) is 40.9 Å². The molecule has 6 rings (SSSR count). The Hall–Kier alpha value is -3.58. The second kappa shape index (κ2) is 11.3. The number of nitrogens with zero attached hydrogens (tertiary/aromatic N) is 6. The number of hydrogen-bond donors (Lipinski definition) is 0. The molecular formula is C29H28ClFN6O2. The fourth-order valence-electron chi connectivity index (χ4n) is 5.21. The number of ether oxygens (including phenoxy) is 2. The summed E-state index contributed by atoms with van der Waals surface area (Å²) >= 11 is 5.84. The van der Waals surface area contributed by atoms with E-state index in [1.807, 2.05) is 12.1 Å². The predicted molar refractivity (Wildman–Crippen MR) is 144 cm³/mol. The second-order valence-corrected chi connectivity index (χ2v) is 10.5. The minimum absolute atomic E-state index is 0.0934. The highest BCUT2D eigenvalue weighted by Gasteiger charge is 2.26. The van der Waals surface area contributed by atoms with Crippen molar-refractivity contribution < 1.29 is 13.9 Å². The van der Waals surface area contributed by atoms with E-state index in [9.17, 15) is 9.65 Å². The van der Waals surface area contributed by atoms with Crippen LogP contribution in [-0.4, -0.2) is 50.2 Å². The van der Waals surface area contributed by atoms with Gasteiger partial charge in [-0.15, -0.1) is 0 Å². The lowest BCUT2D eigenvalue weighted by atomic mass is 9.93. The molecule has 1 aromatic carbocycles. The Morgan fingerprint density at radius 1 is 1.13 bits per heavy atom. The average molecular weight is 547 g/mol. The van der Waals surface area contributed by atoms with E-state index < -0.39 is 0 Å². The largest absolute Gasteiger partial charge is 0.473 e. The zero-order valence-electron chi connectivity index (χ0n) is 21.4. The number of hydrogen-bond acceptors (Lipinski definition) is 7. The Labute approximate surface area is 231 Å². The highest BCUT2D eigenvalue weighted by molar-refractivity contribution is 6.30. The molecule has 200 valence electrons. The Morgan fingerprint density at radius 2 is 1.97 bits per heavy atom. The minimum Gasteiger partial charge on any atom is -0.473 e. The molecule has 0 radical (unpaired) electrons. The first-order valence-electron chi connectivity index (χ1n) is 13.2. The summed E-state index contributed by atoms with van der Waals surface area (Å²) in [6, 6.07) is 14.2. The van der Waals surface area contributed by atoms with Crippen LogP contribution in [0.5, 0.6) is 5.88 Å². The smallest absolute Gasteiger partial charge is 0.213 e. The third-order valence-corrected chi connectivity index (χ3v) is 7.75. The van der Waals surface area contributed by atoms with Crippen LogP contribution in [0.15, 0.2) is 48.7 Å². The number of benzene rings is 1. The van der Waals surface area contributed by atoms with Gasteiger partial charge in [-0.2, -0.15) is 5.26 Å². The first kappa shape index (κ1) is 25.7. The molecule has 4 aromatic rings. The molecule has 0 aliphatic carbocycles. The molecule has 3 aromatic heterocycles. The number of imidazole rings is 1. The number of halogens is 2. The normalized spacial score (nSPS) is 18.1. The number of pyridine rings is 2. The van der Waals surface area contributed by atoms with Crippen LogP contribution < -0.4 is 4.74 Å². The van der Waals surface area contributed by atoms with Gasteiger partial charge in [0.2, 0.25) is 5.88 Å². The van der Waals surface area contributed by atoms with E-state index in [1.165, 1.54) is 6.07 Å². The molecule has 8 nitrogen and oxygen atoms in total. The Morgan fingerprint density at radius 3 is 2.72 bits per heavy atom. The van der Waals surface area contributed by atoms with Gasteiger partial charge < -0.3 is 14.0 Å². The van der Waals surface area contributed by atoms with Crippen molar-refractivity contribution in [3.8, 4) is 11.9 Å². The highest BCUT2D eigenvalue weighted by Crippen LogP contribution is 2.30. The van der Waals surface area contributed by atoms with Crippen LogP contribution in [0.1, 0.15) is 48.0 Å². The highest BCUT2D eigenvalue weighted by atomic mass is 35.5. The number of rotatable bonds is 8. The molecule has 0 amide bonds. The topological polar surface area (TPSA) is 89.1 Å². The lowest BCUT2D eigenvalue weighted by molar-refractivity contribution is -0.0592. The van der Waals surface area contributed by atoms with E-state index in [-0.39, 0.29) is 18.5 Å². The zero-order chi connectivity index (χ0) is 26.8. The first-order valence-corrected chi connectivity index (χ1v) is 13.6. The van der Waals surface area contributed by atoms with Gasteiger partial charge >= 0.3 is 0 Å². The van der Waals surface area contributed by atoms with E-state index in [0.29, 0.717) is 28.1 Å². The summed E-state index contributed by atoms with van der Waals surface area (Å²) in [4.78, 5) is 16.3. The van der Waals surface area contributed by atoms with Gasteiger partial charge in [-0.25, -0.2) is 19.3 Å². The van der Waals surface area contributed by atoms with Crippen molar-refractivity contribution in [1.29, 1.82) is 5.26 Å². The van der Waals surface area contributed by atoms with Crippen LogP contribution in [0, 0.1) is 17.1 Å². The molecule has 0 spiro atoms. The number of fused-ring (bicyclic) bond motifs is 1. The van der Waals surface area contributed by atoms with Crippen LogP contribution in [-0.2, 0) is 24.4 Å². The van der Waals surface area contributed by atoms with Crippen molar-refractivity contribution >= 4 is 22.6 Å². The summed E-state index contributed by atoms with van der Waals surface area (Å²) in [5.41, 5.74) is 3.54. The Kier molecular flexibility index (Phi) is 7.42. The molecule has 2 saturated heterocycles. The maximum Gasteiger partial charge on any atom is 0.213 e. The summed E-state index contributed by atoms with van der Waals surface area (Å²) in [6.45, 7) is 4.19. The van der Waals surface area contributed by atoms with Crippen molar-refractivity contribution in [2.45, 2.75) is 51.0 Å². The summed E-state index contributed by atoms with van der Waals surface area (Å²) in [5.74, 6) is 1.39. The third-order valence-electron chi connectivity index (χ3n) is 7.51. The maximum absolute atomic E-state index is 14.1. The van der Waals surface area contributed by atoms with Gasteiger partial charge in [-0.3, -0.25) is 4.90 Å². The summed E-state index contributed by atoms with van der Waals surface area (Å²) < 4.78 is 27.8. The third kappa shape index (κ3) is 5.74. The van der Waals surface area contributed by atoms with Crippen molar-refractivity contribution in [1.82, 2.24) is 24.4 Å². The fourth-order valence-corrected chi connectivity index (χ4v) is 5.37. The molecule has 0 N–H and O–H groups in total. The summed E-state index contributed by atoms with van der Waals surface area (Å²) in [7, 11) is 0. The van der Waals surface area contributed by atoms with Crippen LogP contribution in [0.25, 0.3) is 11.0 Å². The number of aromatic nitrogens is 4. The van der Waals surface area contributed by atoms with E-state index in [2.05, 4.69) is 20.5 Å². The van der Waals surface area contributed by atoms with Crippen molar-refractivity contribution in [2.75, 3.05) is 19.7 Å². The Balaban J connectivity index is 1.10. The van der Waals surface area contributed by atoms with Gasteiger partial charge in [0.25, 0.3) is 0 Å². The molecule has 2 fully saturated rings. The van der Waals surface area contributed by atoms with Crippen LogP contribution in [0.3, 0.4) is 0 Å².